The standard InChI is InChI=1S/C17H24N4O2/c1-10-9-12(5-8-21-6-3-4-7-21)11(2)13-14(17(23)20-18)16(22)19-15(10)13/h9,14H,3-8,18H2,1-2H3,(H,19,22)(H,20,23). The second kappa shape index (κ2) is 6.29. The molecule has 2 aliphatic heterocycles. The number of fused-ring (bicyclic) bond motifs is 1. The SMILES string of the molecule is Cc1cc(CCN2CCCC2)c(C)c2c1NC(=O)C2C(=O)NN. The predicted molar refractivity (Wildman–Crippen MR) is 89.0 cm³/mol. The largest absolute Gasteiger partial charge is 0.325 e. The van der Waals surface area contributed by atoms with Gasteiger partial charge in [0.25, 0.3) is 5.91 Å². The van der Waals surface area contributed by atoms with Crippen LogP contribution in [-0.4, -0.2) is 36.3 Å². The molecule has 1 unspecified atom stereocenters. The zero-order valence-corrected chi connectivity index (χ0v) is 13.7. The second-order valence-corrected chi connectivity index (χ2v) is 6.50. The van der Waals surface area contributed by atoms with Crippen LogP contribution >= 0.6 is 0 Å². The fraction of sp³-hybridized carbons (Fsp3) is 0.529. The highest BCUT2D eigenvalue weighted by Crippen LogP contribution is 2.39. The molecular formula is C17H24N4O2. The van der Waals surface area contributed by atoms with E-state index in [0.29, 0.717) is 0 Å². The van der Waals surface area contributed by atoms with Gasteiger partial charge in [0.05, 0.1) is 0 Å². The van der Waals surface area contributed by atoms with Gasteiger partial charge in [0.15, 0.2) is 0 Å². The van der Waals surface area contributed by atoms with Crippen LogP contribution in [0.5, 0.6) is 0 Å². The number of hydrogen-bond donors (Lipinski definition) is 3. The number of amides is 2. The van der Waals surface area contributed by atoms with Gasteiger partial charge >= 0.3 is 0 Å². The molecule has 0 bridgehead atoms. The monoisotopic (exact) mass is 316 g/mol. The fourth-order valence-corrected chi connectivity index (χ4v) is 3.75. The maximum atomic E-state index is 12.2. The lowest BCUT2D eigenvalue weighted by atomic mass is 9.89. The minimum Gasteiger partial charge on any atom is -0.325 e. The minimum absolute atomic E-state index is 0.300. The van der Waals surface area contributed by atoms with E-state index in [1.54, 1.807) is 0 Å². The van der Waals surface area contributed by atoms with Gasteiger partial charge in [-0.15, -0.1) is 0 Å². The van der Waals surface area contributed by atoms with Crippen LogP contribution in [0.2, 0.25) is 0 Å². The average molecular weight is 316 g/mol. The third kappa shape index (κ3) is 2.84. The van der Waals surface area contributed by atoms with Crippen LogP contribution in [0.25, 0.3) is 0 Å². The molecule has 0 spiro atoms. The molecule has 1 fully saturated rings. The third-order valence-corrected chi connectivity index (χ3v) is 5.04. The zero-order chi connectivity index (χ0) is 16.6. The highest BCUT2D eigenvalue weighted by atomic mass is 16.2. The molecule has 0 saturated carbocycles. The van der Waals surface area contributed by atoms with E-state index in [9.17, 15) is 9.59 Å². The van der Waals surface area contributed by atoms with Gasteiger partial charge in [-0.3, -0.25) is 15.0 Å². The Morgan fingerprint density at radius 1 is 1.39 bits per heavy atom. The van der Waals surface area contributed by atoms with Crippen molar-refractivity contribution in [1.29, 1.82) is 0 Å². The first-order valence-electron chi connectivity index (χ1n) is 8.19. The lowest BCUT2D eigenvalue weighted by Crippen LogP contribution is -2.37. The van der Waals surface area contributed by atoms with E-state index in [0.717, 1.165) is 35.3 Å². The minimum atomic E-state index is -0.847. The van der Waals surface area contributed by atoms with E-state index in [4.69, 9.17) is 5.84 Å². The molecule has 6 heteroatoms. The molecule has 2 aliphatic rings. The molecule has 1 saturated heterocycles. The van der Waals surface area contributed by atoms with Crippen molar-refractivity contribution in [2.45, 2.75) is 39.0 Å². The number of likely N-dealkylation sites (tertiary alicyclic amines) is 1. The van der Waals surface area contributed by atoms with Gasteiger partial charge in [-0.2, -0.15) is 0 Å². The summed E-state index contributed by atoms with van der Waals surface area (Å²) in [5, 5.41) is 2.83. The van der Waals surface area contributed by atoms with Gasteiger partial charge in [0.1, 0.15) is 5.92 Å². The molecule has 1 aromatic rings. The molecule has 23 heavy (non-hydrogen) atoms. The van der Waals surface area contributed by atoms with Crippen LogP contribution in [-0.2, 0) is 16.0 Å². The Labute approximate surface area is 136 Å². The second-order valence-electron chi connectivity index (χ2n) is 6.50. The number of nitrogens with one attached hydrogen (secondary N) is 2. The Balaban J connectivity index is 1.91. The number of aryl methyl sites for hydroxylation is 1. The van der Waals surface area contributed by atoms with Crippen LogP contribution in [0.1, 0.15) is 41.0 Å². The molecule has 3 rings (SSSR count). The topological polar surface area (TPSA) is 87.5 Å². The van der Waals surface area contributed by atoms with E-state index in [2.05, 4.69) is 21.7 Å². The summed E-state index contributed by atoms with van der Waals surface area (Å²) in [7, 11) is 0. The van der Waals surface area contributed by atoms with E-state index >= 15 is 0 Å². The van der Waals surface area contributed by atoms with Gasteiger partial charge in [-0.1, -0.05) is 6.07 Å². The first-order valence-corrected chi connectivity index (χ1v) is 8.19. The Morgan fingerprint density at radius 3 is 2.74 bits per heavy atom. The summed E-state index contributed by atoms with van der Waals surface area (Å²) in [6.45, 7) is 7.33. The summed E-state index contributed by atoms with van der Waals surface area (Å²) >= 11 is 0. The van der Waals surface area contributed by atoms with Crippen molar-refractivity contribution in [3.8, 4) is 0 Å². The van der Waals surface area contributed by atoms with E-state index in [1.165, 1.54) is 31.5 Å². The van der Waals surface area contributed by atoms with Gasteiger partial charge < -0.3 is 10.2 Å². The number of benzene rings is 1. The molecular weight excluding hydrogens is 292 g/mol. The third-order valence-electron chi connectivity index (χ3n) is 5.04. The van der Waals surface area contributed by atoms with Crippen molar-refractivity contribution >= 4 is 17.5 Å². The van der Waals surface area contributed by atoms with Gasteiger partial charge in [-0.25, -0.2) is 5.84 Å². The molecule has 124 valence electrons. The molecule has 2 amide bonds. The molecule has 0 aliphatic carbocycles. The summed E-state index contributed by atoms with van der Waals surface area (Å²) in [5.41, 5.74) is 6.90. The molecule has 0 aromatic heterocycles. The molecule has 1 aromatic carbocycles. The van der Waals surface area contributed by atoms with E-state index < -0.39 is 11.8 Å². The summed E-state index contributed by atoms with van der Waals surface area (Å²) < 4.78 is 0. The first kappa shape index (κ1) is 16.0. The number of carbonyl (C=O) groups is 2. The van der Waals surface area contributed by atoms with Crippen LogP contribution < -0.4 is 16.6 Å². The molecule has 2 heterocycles. The first-order chi connectivity index (χ1) is 11.0. The normalized spacial score (nSPS) is 20.5. The van der Waals surface area contributed by atoms with Crippen molar-refractivity contribution < 1.29 is 9.59 Å². The van der Waals surface area contributed by atoms with Crippen LogP contribution in [0.4, 0.5) is 5.69 Å². The number of anilines is 1. The van der Waals surface area contributed by atoms with Gasteiger partial charge in [-0.05, 0) is 62.9 Å². The smallest absolute Gasteiger partial charge is 0.251 e. The fourth-order valence-electron chi connectivity index (χ4n) is 3.75. The number of rotatable bonds is 4. The summed E-state index contributed by atoms with van der Waals surface area (Å²) in [6, 6.07) is 2.13. The van der Waals surface area contributed by atoms with E-state index in [-0.39, 0.29) is 5.91 Å². The quantitative estimate of drug-likeness (QED) is 0.334. The lowest BCUT2D eigenvalue weighted by Gasteiger charge is -2.19. The number of carbonyl (C=O) groups excluding carboxylic acids is 2. The number of nitrogens with two attached hydrogens (primary N) is 1. The lowest BCUT2D eigenvalue weighted by molar-refractivity contribution is -0.128. The van der Waals surface area contributed by atoms with Gasteiger partial charge in [0.2, 0.25) is 5.91 Å². The molecule has 0 radical (unpaired) electrons. The molecule has 4 N–H and O–H groups in total. The predicted octanol–water partition coefficient (Wildman–Crippen LogP) is 0.967. The average Bonchev–Trinajstić information content (AvgIpc) is 3.16. The molecule has 1 atom stereocenters. The van der Waals surface area contributed by atoms with Crippen LogP contribution in [0.15, 0.2) is 6.07 Å². The van der Waals surface area contributed by atoms with Crippen LogP contribution in [0.3, 0.4) is 0 Å². The number of hydrogen-bond acceptors (Lipinski definition) is 4. The maximum absolute atomic E-state index is 12.2. The highest BCUT2D eigenvalue weighted by Gasteiger charge is 2.38. The van der Waals surface area contributed by atoms with Crippen molar-refractivity contribution in [2.24, 2.45) is 5.84 Å². The number of nitrogens with zero attached hydrogens (tertiary/aromatic N) is 1. The highest BCUT2D eigenvalue weighted by molar-refractivity contribution is 6.17. The van der Waals surface area contributed by atoms with Crippen molar-refractivity contribution in [2.75, 3.05) is 25.0 Å². The van der Waals surface area contributed by atoms with Crippen LogP contribution in [0, 0.1) is 13.8 Å². The van der Waals surface area contributed by atoms with Crippen molar-refractivity contribution in [3.63, 3.8) is 0 Å². The van der Waals surface area contributed by atoms with Crippen molar-refractivity contribution in [3.05, 3.63) is 28.3 Å². The summed E-state index contributed by atoms with van der Waals surface area (Å²) in [4.78, 5) is 26.7. The molecule has 6 nitrogen and oxygen atoms in total. The van der Waals surface area contributed by atoms with E-state index in [1.807, 2.05) is 13.8 Å². The van der Waals surface area contributed by atoms with Crippen molar-refractivity contribution in [1.82, 2.24) is 10.3 Å². The Bertz CT molecular complexity index is 650. The number of hydrazine groups is 1. The Kier molecular flexibility index (Phi) is 4.37. The summed E-state index contributed by atoms with van der Waals surface area (Å²) in [6.07, 6.45) is 3.49. The Morgan fingerprint density at radius 2 is 2.09 bits per heavy atom. The van der Waals surface area contributed by atoms with Gasteiger partial charge in [0, 0.05) is 17.8 Å². The Hall–Kier alpha value is -1.92. The maximum Gasteiger partial charge on any atom is 0.251 e. The summed E-state index contributed by atoms with van der Waals surface area (Å²) in [5.74, 6) is 3.65. The zero-order valence-electron chi connectivity index (χ0n) is 13.7.